The van der Waals surface area contributed by atoms with Gasteiger partial charge in [0, 0.05) is 13.1 Å². The Hall–Kier alpha value is -1.72. The number of rotatable bonds is 7. The van der Waals surface area contributed by atoms with E-state index >= 15 is 0 Å². The van der Waals surface area contributed by atoms with Gasteiger partial charge in [-0.3, -0.25) is 4.90 Å². The Bertz CT molecular complexity index is 510. The Balaban J connectivity index is 2.03. The van der Waals surface area contributed by atoms with Gasteiger partial charge >= 0.3 is 0 Å². The third-order valence-corrected chi connectivity index (χ3v) is 2.92. The number of aromatic nitrogens is 2. The molecule has 0 fully saturated rings. The first-order valence-corrected chi connectivity index (χ1v) is 6.95. The van der Waals surface area contributed by atoms with Gasteiger partial charge in [0.25, 0.3) is 0 Å². The van der Waals surface area contributed by atoms with Crippen molar-refractivity contribution in [2.24, 2.45) is 11.7 Å². The molecule has 0 amide bonds. The van der Waals surface area contributed by atoms with Gasteiger partial charge in [-0.05, 0) is 11.5 Å². The third-order valence-electron chi connectivity index (χ3n) is 2.92. The summed E-state index contributed by atoms with van der Waals surface area (Å²) < 4.78 is 5.06. The average molecular weight is 274 g/mol. The summed E-state index contributed by atoms with van der Waals surface area (Å²) in [5.41, 5.74) is 6.78. The lowest BCUT2D eigenvalue weighted by molar-refractivity contribution is 0.219. The van der Waals surface area contributed by atoms with Crippen LogP contribution in [-0.4, -0.2) is 21.6 Å². The van der Waals surface area contributed by atoms with Crippen LogP contribution in [0.15, 0.2) is 34.9 Å². The van der Waals surface area contributed by atoms with Crippen LogP contribution in [0.5, 0.6) is 0 Å². The van der Waals surface area contributed by atoms with Gasteiger partial charge in [-0.15, -0.1) is 0 Å². The molecule has 5 nitrogen and oxygen atoms in total. The fourth-order valence-electron chi connectivity index (χ4n) is 2.18. The molecule has 0 bridgehead atoms. The molecular weight excluding hydrogens is 252 g/mol. The zero-order valence-corrected chi connectivity index (χ0v) is 12.1. The summed E-state index contributed by atoms with van der Waals surface area (Å²) in [6, 6.07) is 10.4. The highest BCUT2D eigenvalue weighted by atomic mass is 16.5. The summed E-state index contributed by atoms with van der Waals surface area (Å²) in [4.78, 5) is 6.60. The van der Waals surface area contributed by atoms with Crippen molar-refractivity contribution in [1.82, 2.24) is 15.0 Å². The molecule has 2 N–H and O–H groups in total. The number of nitrogens with two attached hydrogens (primary N) is 1. The molecule has 1 aromatic carbocycles. The van der Waals surface area contributed by atoms with E-state index in [1.807, 2.05) is 6.07 Å². The van der Waals surface area contributed by atoms with Crippen LogP contribution < -0.4 is 5.73 Å². The standard InChI is InChI=1S/C15H22N4O/c1-12(2)9-19(10-13-6-4-3-5-7-13)11-14-17-15(8-16)20-18-14/h3-7,12H,8-11,16H2,1-2H3. The first-order valence-electron chi connectivity index (χ1n) is 6.95. The van der Waals surface area contributed by atoms with Crippen LogP contribution in [0.1, 0.15) is 31.1 Å². The van der Waals surface area contributed by atoms with Crippen molar-refractivity contribution in [3.63, 3.8) is 0 Å². The summed E-state index contributed by atoms with van der Waals surface area (Å²) >= 11 is 0. The van der Waals surface area contributed by atoms with E-state index in [1.54, 1.807) is 0 Å². The van der Waals surface area contributed by atoms with Crippen LogP contribution in [0.4, 0.5) is 0 Å². The molecule has 0 unspecified atom stereocenters. The third kappa shape index (κ3) is 4.43. The lowest BCUT2D eigenvalue weighted by Gasteiger charge is -2.22. The molecule has 0 saturated carbocycles. The zero-order valence-electron chi connectivity index (χ0n) is 12.1. The number of nitrogens with zero attached hydrogens (tertiary/aromatic N) is 3. The van der Waals surface area contributed by atoms with E-state index in [4.69, 9.17) is 10.3 Å². The SMILES string of the molecule is CC(C)CN(Cc1ccccc1)Cc1noc(CN)n1. The van der Waals surface area contributed by atoms with Crippen molar-refractivity contribution in [3.8, 4) is 0 Å². The van der Waals surface area contributed by atoms with Gasteiger partial charge in [0.2, 0.25) is 5.89 Å². The molecule has 0 spiro atoms. The summed E-state index contributed by atoms with van der Waals surface area (Å²) in [7, 11) is 0. The fourth-order valence-corrected chi connectivity index (χ4v) is 2.18. The van der Waals surface area contributed by atoms with Crippen molar-refractivity contribution in [3.05, 3.63) is 47.6 Å². The zero-order chi connectivity index (χ0) is 14.4. The van der Waals surface area contributed by atoms with Crippen LogP contribution in [0.25, 0.3) is 0 Å². The first kappa shape index (κ1) is 14.7. The smallest absolute Gasteiger partial charge is 0.240 e. The second kappa shape index (κ2) is 7.17. The van der Waals surface area contributed by atoms with Crippen LogP contribution in [0.2, 0.25) is 0 Å². The van der Waals surface area contributed by atoms with Crippen molar-refractivity contribution >= 4 is 0 Å². The second-order valence-electron chi connectivity index (χ2n) is 5.36. The first-order chi connectivity index (χ1) is 9.67. The van der Waals surface area contributed by atoms with E-state index < -0.39 is 0 Å². The minimum Gasteiger partial charge on any atom is -0.338 e. The lowest BCUT2D eigenvalue weighted by Crippen LogP contribution is -2.27. The Kier molecular flexibility index (Phi) is 5.26. The van der Waals surface area contributed by atoms with Crippen LogP contribution in [0, 0.1) is 5.92 Å². The van der Waals surface area contributed by atoms with Gasteiger partial charge in [0.05, 0.1) is 13.1 Å². The molecule has 2 aromatic rings. The molecule has 0 saturated heterocycles. The summed E-state index contributed by atoms with van der Waals surface area (Å²) in [6.07, 6.45) is 0. The minimum atomic E-state index is 0.288. The summed E-state index contributed by atoms with van der Waals surface area (Å²) in [5.74, 6) is 1.77. The molecule has 0 aliphatic carbocycles. The van der Waals surface area contributed by atoms with E-state index in [9.17, 15) is 0 Å². The molecule has 1 aromatic heterocycles. The van der Waals surface area contributed by atoms with E-state index in [1.165, 1.54) is 5.56 Å². The number of hydrogen-bond donors (Lipinski definition) is 1. The number of hydrogen-bond acceptors (Lipinski definition) is 5. The average Bonchev–Trinajstić information content (AvgIpc) is 2.87. The molecule has 5 heteroatoms. The highest BCUT2D eigenvalue weighted by molar-refractivity contribution is 5.14. The molecular formula is C15H22N4O. The fraction of sp³-hybridized carbons (Fsp3) is 0.467. The van der Waals surface area contributed by atoms with E-state index in [0.717, 1.165) is 13.1 Å². The van der Waals surface area contributed by atoms with Crippen LogP contribution in [-0.2, 0) is 19.6 Å². The summed E-state index contributed by atoms with van der Waals surface area (Å²) in [5, 5.41) is 3.97. The van der Waals surface area contributed by atoms with Crippen LogP contribution >= 0.6 is 0 Å². The largest absolute Gasteiger partial charge is 0.338 e. The Morgan fingerprint density at radius 1 is 1.20 bits per heavy atom. The van der Waals surface area contributed by atoms with Crippen molar-refractivity contribution in [1.29, 1.82) is 0 Å². The lowest BCUT2D eigenvalue weighted by atomic mass is 10.1. The highest BCUT2D eigenvalue weighted by Crippen LogP contribution is 2.10. The topological polar surface area (TPSA) is 68.2 Å². The quantitative estimate of drug-likeness (QED) is 0.838. The Labute approximate surface area is 119 Å². The summed E-state index contributed by atoms with van der Waals surface area (Å²) in [6.45, 7) is 7.25. The molecule has 20 heavy (non-hydrogen) atoms. The monoisotopic (exact) mass is 274 g/mol. The number of benzene rings is 1. The van der Waals surface area contributed by atoms with Crippen molar-refractivity contribution in [2.75, 3.05) is 6.54 Å². The highest BCUT2D eigenvalue weighted by Gasteiger charge is 2.13. The molecule has 108 valence electrons. The molecule has 0 atom stereocenters. The van der Waals surface area contributed by atoms with E-state index in [-0.39, 0.29) is 6.54 Å². The molecule has 1 heterocycles. The molecule has 0 aliphatic heterocycles. The van der Waals surface area contributed by atoms with Crippen LogP contribution in [0.3, 0.4) is 0 Å². The molecule has 2 rings (SSSR count). The van der Waals surface area contributed by atoms with Crippen molar-refractivity contribution < 1.29 is 4.52 Å². The minimum absolute atomic E-state index is 0.288. The van der Waals surface area contributed by atoms with Gasteiger partial charge in [0.15, 0.2) is 5.82 Å². The van der Waals surface area contributed by atoms with Gasteiger partial charge in [-0.25, -0.2) is 0 Å². The van der Waals surface area contributed by atoms with E-state index in [2.05, 4.69) is 53.2 Å². The van der Waals surface area contributed by atoms with Gasteiger partial charge in [-0.1, -0.05) is 49.3 Å². The predicted octanol–water partition coefficient (Wildman–Crippen LogP) is 2.19. The second-order valence-corrected chi connectivity index (χ2v) is 5.36. The van der Waals surface area contributed by atoms with Crippen molar-refractivity contribution in [2.45, 2.75) is 33.5 Å². The maximum absolute atomic E-state index is 5.49. The Morgan fingerprint density at radius 3 is 2.55 bits per heavy atom. The van der Waals surface area contributed by atoms with Gasteiger partial charge in [0.1, 0.15) is 0 Å². The maximum Gasteiger partial charge on any atom is 0.240 e. The van der Waals surface area contributed by atoms with Gasteiger partial charge < -0.3 is 10.3 Å². The predicted molar refractivity (Wildman–Crippen MR) is 77.6 cm³/mol. The maximum atomic E-state index is 5.49. The Morgan fingerprint density at radius 2 is 1.95 bits per heavy atom. The molecule has 0 aliphatic rings. The molecule has 0 radical (unpaired) electrons. The van der Waals surface area contributed by atoms with E-state index in [0.29, 0.717) is 24.2 Å². The normalized spacial score (nSPS) is 11.4. The van der Waals surface area contributed by atoms with Gasteiger partial charge in [-0.2, -0.15) is 4.98 Å².